The summed E-state index contributed by atoms with van der Waals surface area (Å²) in [5.74, 6) is 0.604. The molecule has 2 rings (SSSR count). The first kappa shape index (κ1) is 9.11. The lowest BCUT2D eigenvalue weighted by Crippen LogP contribution is -2.07. The average Bonchev–Trinajstić information content (AvgIpc) is 2.65. The molecular formula is C8H8ClN5. The molecule has 2 N–H and O–H groups in total. The molecule has 0 unspecified atom stereocenters. The molecule has 0 aliphatic carbocycles. The Morgan fingerprint density at radius 1 is 1.43 bits per heavy atom. The fourth-order valence-electron chi connectivity index (χ4n) is 1.14. The number of benzene rings is 1. The topological polar surface area (TPSA) is 69.6 Å². The molecule has 5 nitrogen and oxygen atoms in total. The zero-order valence-electron chi connectivity index (χ0n) is 7.26. The minimum atomic E-state index is 0.291. The number of halogens is 1. The molecule has 1 aromatic carbocycles. The van der Waals surface area contributed by atoms with E-state index in [1.807, 2.05) is 12.1 Å². The monoisotopic (exact) mass is 209 g/mol. The lowest BCUT2D eigenvalue weighted by molar-refractivity contribution is 0.761. The van der Waals surface area contributed by atoms with E-state index in [2.05, 4.69) is 15.5 Å². The highest BCUT2D eigenvalue weighted by Gasteiger charge is 2.05. The molecule has 0 aliphatic rings. The summed E-state index contributed by atoms with van der Waals surface area (Å²) in [6.07, 6.45) is 0. The summed E-state index contributed by atoms with van der Waals surface area (Å²) in [7, 11) is 0. The summed E-state index contributed by atoms with van der Waals surface area (Å²) in [5.41, 5.74) is 6.28. The van der Waals surface area contributed by atoms with Gasteiger partial charge in [-0.25, -0.2) is 0 Å². The van der Waals surface area contributed by atoms with Gasteiger partial charge in [-0.05, 0) is 28.6 Å². The maximum atomic E-state index is 5.84. The lowest BCUT2D eigenvalue weighted by Gasteiger charge is -2.02. The van der Waals surface area contributed by atoms with Crippen LogP contribution in [0.2, 0.25) is 5.02 Å². The van der Waals surface area contributed by atoms with Gasteiger partial charge in [0.25, 0.3) is 0 Å². The van der Waals surface area contributed by atoms with Crippen molar-refractivity contribution in [2.24, 2.45) is 5.73 Å². The van der Waals surface area contributed by atoms with Gasteiger partial charge in [0.05, 0.1) is 12.2 Å². The Labute approximate surface area is 85.5 Å². The first-order chi connectivity index (χ1) is 6.81. The molecule has 14 heavy (non-hydrogen) atoms. The van der Waals surface area contributed by atoms with Crippen molar-refractivity contribution in [3.8, 4) is 5.69 Å². The molecular weight excluding hydrogens is 202 g/mol. The van der Waals surface area contributed by atoms with Gasteiger partial charge in [-0.3, -0.25) is 0 Å². The Morgan fingerprint density at radius 2 is 2.29 bits per heavy atom. The normalized spacial score (nSPS) is 10.4. The highest BCUT2D eigenvalue weighted by atomic mass is 35.5. The Hall–Kier alpha value is -1.46. The van der Waals surface area contributed by atoms with Crippen molar-refractivity contribution in [2.75, 3.05) is 0 Å². The number of nitrogens with two attached hydrogens (primary N) is 1. The number of nitrogens with zero attached hydrogens (tertiary/aromatic N) is 4. The Balaban J connectivity index is 2.49. The number of tetrazole rings is 1. The number of hydrogen-bond acceptors (Lipinski definition) is 4. The zero-order chi connectivity index (χ0) is 9.97. The average molecular weight is 210 g/mol. The van der Waals surface area contributed by atoms with Gasteiger partial charge in [0, 0.05) is 5.02 Å². The van der Waals surface area contributed by atoms with Crippen LogP contribution in [0.5, 0.6) is 0 Å². The quantitative estimate of drug-likeness (QED) is 0.794. The van der Waals surface area contributed by atoms with Gasteiger partial charge in [-0.1, -0.05) is 17.7 Å². The lowest BCUT2D eigenvalue weighted by atomic mass is 10.3. The van der Waals surface area contributed by atoms with E-state index < -0.39 is 0 Å². The first-order valence-electron chi connectivity index (χ1n) is 4.04. The molecule has 1 aromatic heterocycles. The van der Waals surface area contributed by atoms with Gasteiger partial charge in [-0.15, -0.1) is 5.10 Å². The smallest absolute Gasteiger partial charge is 0.170 e. The van der Waals surface area contributed by atoms with E-state index in [-0.39, 0.29) is 0 Å². The van der Waals surface area contributed by atoms with Crippen molar-refractivity contribution in [1.29, 1.82) is 0 Å². The Bertz CT molecular complexity index is 439. The minimum absolute atomic E-state index is 0.291. The second-order valence-corrected chi connectivity index (χ2v) is 3.13. The zero-order valence-corrected chi connectivity index (χ0v) is 8.02. The maximum absolute atomic E-state index is 5.84. The minimum Gasteiger partial charge on any atom is -0.324 e. The van der Waals surface area contributed by atoms with Crippen molar-refractivity contribution >= 4 is 11.6 Å². The van der Waals surface area contributed by atoms with Gasteiger partial charge < -0.3 is 5.73 Å². The molecule has 1 heterocycles. The fourth-order valence-corrected chi connectivity index (χ4v) is 1.33. The van der Waals surface area contributed by atoms with E-state index >= 15 is 0 Å². The first-order valence-corrected chi connectivity index (χ1v) is 4.42. The summed E-state index contributed by atoms with van der Waals surface area (Å²) in [6, 6.07) is 7.26. The third-order valence-electron chi connectivity index (χ3n) is 1.77. The van der Waals surface area contributed by atoms with Gasteiger partial charge in [-0.2, -0.15) is 4.68 Å². The van der Waals surface area contributed by atoms with Crippen LogP contribution in [0, 0.1) is 0 Å². The van der Waals surface area contributed by atoms with Crippen LogP contribution in [0.15, 0.2) is 24.3 Å². The van der Waals surface area contributed by atoms with Gasteiger partial charge >= 0.3 is 0 Å². The highest BCUT2D eigenvalue weighted by molar-refractivity contribution is 6.30. The summed E-state index contributed by atoms with van der Waals surface area (Å²) in [5, 5.41) is 11.8. The van der Waals surface area contributed by atoms with Crippen LogP contribution in [-0.2, 0) is 6.54 Å². The van der Waals surface area contributed by atoms with Crippen LogP contribution in [0.4, 0.5) is 0 Å². The van der Waals surface area contributed by atoms with Crippen molar-refractivity contribution in [3.05, 3.63) is 35.1 Å². The van der Waals surface area contributed by atoms with Gasteiger partial charge in [0.15, 0.2) is 5.82 Å². The molecule has 0 aliphatic heterocycles. The van der Waals surface area contributed by atoms with E-state index in [1.165, 1.54) is 0 Å². The van der Waals surface area contributed by atoms with E-state index in [1.54, 1.807) is 16.8 Å². The molecule has 0 radical (unpaired) electrons. The Kier molecular flexibility index (Phi) is 2.43. The van der Waals surface area contributed by atoms with Crippen LogP contribution in [0.3, 0.4) is 0 Å². The van der Waals surface area contributed by atoms with Crippen LogP contribution in [-0.4, -0.2) is 20.2 Å². The van der Waals surface area contributed by atoms with Gasteiger partial charge in [0.1, 0.15) is 0 Å². The predicted octanol–water partition coefficient (Wildman–Crippen LogP) is 0.774. The van der Waals surface area contributed by atoms with E-state index in [4.69, 9.17) is 17.3 Å². The summed E-state index contributed by atoms with van der Waals surface area (Å²) in [6.45, 7) is 0.291. The van der Waals surface area contributed by atoms with Crippen LogP contribution in [0.1, 0.15) is 5.82 Å². The maximum Gasteiger partial charge on any atom is 0.170 e. The van der Waals surface area contributed by atoms with Crippen molar-refractivity contribution < 1.29 is 0 Å². The standard InChI is InChI=1S/C8H8ClN5/c9-6-2-1-3-7(4-6)14-8(5-10)11-12-13-14/h1-4H,5,10H2. The molecule has 2 aromatic rings. The summed E-state index contributed by atoms with van der Waals surface area (Å²) < 4.78 is 1.56. The van der Waals surface area contributed by atoms with Gasteiger partial charge in [0.2, 0.25) is 0 Å². The van der Waals surface area contributed by atoms with Crippen LogP contribution in [0.25, 0.3) is 5.69 Å². The molecule has 0 atom stereocenters. The van der Waals surface area contributed by atoms with E-state index in [0.29, 0.717) is 17.4 Å². The highest BCUT2D eigenvalue weighted by Crippen LogP contribution is 2.14. The van der Waals surface area contributed by atoms with E-state index in [9.17, 15) is 0 Å². The molecule has 0 amide bonds. The van der Waals surface area contributed by atoms with Crippen LogP contribution < -0.4 is 5.73 Å². The number of rotatable bonds is 2. The summed E-state index contributed by atoms with van der Waals surface area (Å²) >= 11 is 5.84. The molecule has 6 heteroatoms. The second kappa shape index (κ2) is 3.73. The fraction of sp³-hybridized carbons (Fsp3) is 0.125. The van der Waals surface area contributed by atoms with Crippen molar-refractivity contribution in [2.45, 2.75) is 6.54 Å². The number of aromatic nitrogens is 4. The number of hydrogen-bond donors (Lipinski definition) is 1. The second-order valence-electron chi connectivity index (χ2n) is 2.69. The molecule has 0 saturated heterocycles. The molecule has 72 valence electrons. The van der Waals surface area contributed by atoms with E-state index in [0.717, 1.165) is 5.69 Å². The molecule has 0 fully saturated rings. The van der Waals surface area contributed by atoms with Crippen molar-refractivity contribution in [1.82, 2.24) is 20.2 Å². The predicted molar refractivity (Wildman–Crippen MR) is 52.1 cm³/mol. The van der Waals surface area contributed by atoms with Crippen molar-refractivity contribution in [3.63, 3.8) is 0 Å². The molecule has 0 saturated carbocycles. The molecule has 0 spiro atoms. The molecule has 0 bridgehead atoms. The van der Waals surface area contributed by atoms with Crippen LogP contribution >= 0.6 is 11.6 Å². The largest absolute Gasteiger partial charge is 0.324 e. The summed E-state index contributed by atoms with van der Waals surface area (Å²) in [4.78, 5) is 0. The third-order valence-corrected chi connectivity index (χ3v) is 2.00. The Morgan fingerprint density at radius 3 is 3.00 bits per heavy atom. The SMILES string of the molecule is NCc1nnnn1-c1cccc(Cl)c1. The third kappa shape index (κ3) is 1.59.